The standard InChI is InChI=1S/C19H19N3O7/c1-10-5-6-11(2)15(7-10)20-18(23)13(4)29-19(24)14-8-16(21(25)26)12(3)17(9-14)22(27)28/h5-9,13H,1-4H3,(H,20,23)/t13-/m1/s1. The van der Waals surface area contributed by atoms with E-state index in [2.05, 4.69) is 5.32 Å². The van der Waals surface area contributed by atoms with E-state index in [4.69, 9.17) is 4.74 Å². The number of esters is 1. The lowest BCUT2D eigenvalue weighted by Crippen LogP contribution is -2.30. The number of nitro benzene ring substituents is 2. The highest BCUT2D eigenvalue weighted by Gasteiger charge is 2.27. The molecule has 0 aromatic heterocycles. The second-order valence-corrected chi connectivity index (χ2v) is 6.51. The maximum atomic E-state index is 12.3. The molecule has 29 heavy (non-hydrogen) atoms. The van der Waals surface area contributed by atoms with E-state index in [1.165, 1.54) is 13.8 Å². The molecular formula is C19H19N3O7. The number of benzene rings is 2. The Balaban J connectivity index is 2.22. The highest BCUT2D eigenvalue weighted by atomic mass is 16.6. The van der Waals surface area contributed by atoms with E-state index < -0.39 is 39.2 Å². The van der Waals surface area contributed by atoms with Gasteiger partial charge in [0, 0.05) is 17.8 Å². The molecule has 0 spiro atoms. The molecule has 0 heterocycles. The molecule has 0 aliphatic rings. The Kier molecular flexibility index (Phi) is 6.27. The van der Waals surface area contributed by atoms with Crippen molar-refractivity contribution >= 4 is 28.9 Å². The molecule has 0 bridgehead atoms. The van der Waals surface area contributed by atoms with Crippen LogP contribution in [0.3, 0.4) is 0 Å². The van der Waals surface area contributed by atoms with Gasteiger partial charge in [-0.2, -0.15) is 0 Å². The molecule has 2 aromatic rings. The van der Waals surface area contributed by atoms with Crippen molar-refractivity contribution in [1.82, 2.24) is 0 Å². The van der Waals surface area contributed by atoms with Gasteiger partial charge in [-0.15, -0.1) is 0 Å². The fourth-order valence-corrected chi connectivity index (χ4v) is 2.57. The first kappa shape index (κ1) is 21.5. The average Bonchev–Trinajstić information content (AvgIpc) is 2.64. The number of hydrogen-bond acceptors (Lipinski definition) is 7. The summed E-state index contributed by atoms with van der Waals surface area (Å²) in [5.74, 6) is -1.69. The number of nitro groups is 2. The Morgan fingerprint density at radius 3 is 2.07 bits per heavy atom. The van der Waals surface area contributed by atoms with Crippen molar-refractivity contribution in [2.24, 2.45) is 0 Å². The number of carbonyl (C=O) groups is 2. The quantitative estimate of drug-likeness (QED) is 0.442. The molecular weight excluding hydrogens is 382 g/mol. The number of carbonyl (C=O) groups excluding carboxylic acids is 2. The summed E-state index contributed by atoms with van der Waals surface area (Å²) in [4.78, 5) is 45.3. The first-order valence-electron chi connectivity index (χ1n) is 8.53. The Hall–Kier alpha value is -3.82. The van der Waals surface area contributed by atoms with Crippen LogP contribution >= 0.6 is 0 Å². The lowest BCUT2D eigenvalue weighted by Gasteiger charge is -2.15. The molecule has 1 amide bonds. The van der Waals surface area contributed by atoms with E-state index in [-0.39, 0.29) is 11.1 Å². The molecule has 1 atom stereocenters. The zero-order chi connectivity index (χ0) is 21.9. The number of anilines is 1. The number of nitrogens with one attached hydrogen (secondary N) is 1. The van der Waals surface area contributed by atoms with Crippen LogP contribution in [0.1, 0.15) is 34.0 Å². The van der Waals surface area contributed by atoms with Crippen molar-refractivity contribution in [2.75, 3.05) is 5.32 Å². The molecule has 10 nitrogen and oxygen atoms in total. The van der Waals surface area contributed by atoms with E-state index >= 15 is 0 Å². The molecule has 1 N–H and O–H groups in total. The first-order valence-corrected chi connectivity index (χ1v) is 8.53. The van der Waals surface area contributed by atoms with Crippen LogP contribution in [0.5, 0.6) is 0 Å². The Labute approximate surface area is 165 Å². The van der Waals surface area contributed by atoms with Gasteiger partial charge in [-0.1, -0.05) is 12.1 Å². The van der Waals surface area contributed by atoms with E-state index in [0.29, 0.717) is 5.69 Å². The van der Waals surface area contributed by atoms with E-state index in [1.54, 1.807) is 13.0 Å². The highest BCUT2D eigenvalue weighted by Crippen LogP contribution is 2.29. The van der Waals surface area contributed by atoms with Crippen LogP contribution < -0.4 is 5.32 Å². The summed E-state index contributed by atoms with van der Waals surface area (Å²) >= 11 is 0. The van der Waals surface area contributed by atoms with Gasteiger partial charge in [-0.05, 0) is 44.9 Å². The highest BCUT2D eigenvalue weighted by molar-refractivity contribution is 5.98. The van der Waals surface area contributed by atoms with Crippen LogP contribution in [0.2, 0.25) is 0 Å². The number of amides is 1. The molecule has 10 heteroatoms. The average molecular weight is 401 g/mol. The Morgan fingerprint density at radius 2 is 1.55 bits per heavy atom. The fourth-order valence-electron chi connectivity index (χ4n) is 2.57. The zero-order valence-corrected chi connectivity index (χ0v) is 16.2. The predicted molar refractivity (Wildman–Crippen MR) is 104 cm³/mol. The van der Waals surface area contributed by atoms with E-state index in [0.717, 1.165) is 23.3 Å². The molecule has 0 saturated heterocycles. The number of nitrogens with zero attached hydrogens (tertiary/aromatic N) is 2. The molecule has 152 valence electrons. The van der Waals surface area contributed by atoms with Crippen LogP contribution in [0, 0.1) is 41.0 Å². The third-order valence-corrected chi connectivity index (χ3v) is 4.29. The van der Waals surface area contributed by atoms with Gasteiger partial charge in [0.15, 0.2) is 6.10 Å². The van der Waals surface area contributed by atoms with Crippen LogP contribution in [-0.4, -0.2) is 27.8 Å². The maximum Gasteiger partial charge on any atom is 0.339 e. The summed E-state index contributed by atoms with van der Waals surface area (Å²) in [6.45, 7) is 6.20. The zero-order valence-electron chi connectivity index (χ0n) is 16.2. The maximum absolute atomic E-state index is 12.3. The third-order valence-electron chi connectivity index (χ3n) is 4.29. The third kappa shape index (κ3) is 4.92. The summed E-state index contributed by atoms with van der Waals surface area (Å²) in [5, 5.41) is 24.9. The Morgan fingerprint density at radius 1 is 1.00 bits per heavy atom. The molecule has 2 aromatic carbocycles. The summed E-state index contributed by atoms with van der Waals surface area (Å²) in [6, 6.07) is 7.24. The molecule has 2 rings (SSSR count). The van der Waals surface area contributed by atoms with E-state index in [1.807, 2.05) is 19.1 Å². The second kappa shape index (κ2) is 8.46. The van der Waals surface area contributed by atoms with Gasteiger partial charge in [0.1, 0.15) is 5.56 Å². The van der Waals surface area contributed by atoms with Gasteiger partial charge < -0.3 is 10.1 Å². The summed E-state index contributed by atoms with van der Waals surface area (Å²) in [7, 11) is 0. The van der Waals surface area contributed by atoms with Crippen molar-refractivity contribution in [1.29, 1.82) is 0 Å². The van der Waals surface area contributed by atoms with Crippen molar-refractivity contribution in [3.63, 3.8) is 0 Å². The van der Waals surface area contributed by atoms with Gasteiger partial charge >= 0.3 is 5.97 Å². The summed E-state index contributed by atoms with van der Waals surface area (Å²) in [5.41, 5.74) is 0.552. The smallest absolute Gasteiger partial charge is 0.339 e. The first-order chi connectivity index (χ1) is 13.5. The van der Waals surface area contributed by atoms with Crippen LogP contribution in [0.25, 0.3) is 0 Å². The predicted octanol–water partition coefficient (Wildman–Crippen LogP) is 3.61. The Bertz CT molecular complexity index is 982. The minimum atomic E-state index is -1.23. The van der Waals surface area contributed by atoms with Crippen LogP contribution in [0.15, 0.2) is 30.3 Å². The van der Waals surface area contributed by atoms with Gasteiger partial charge in [-0.3, -0.25) is 25.0 Å². The summed E-state index contributed by atoms with van der Waals surface area (Å²) in [6.07, 6.45) is -1.23. The van der Waals surface area contributed by atoms with Gasteiger partial charge in [0.05, 0.1) is 15.4 Å². The molecule has 0 radical (unpaired) electrons. The number of aryl methyl sites for hydroxylation is 2. The van der Waals surface area contributed by atoms with Crippen molar-refractivity contribution in [3.8, 4) is 0 Å². The fraction of sp³-hybridized carbons (Fsp3) is 0.263. The summed E-state index contributed by atoms with van der Waals surface area (Å²) < 4.78 is 5.05. The SMILES string of the molecule is Cc1ccc(C)c(NC(=O)[C@@H](C)OC(=O)c2cc([N+](=O)[O-])c(C)c([N+](=O)[O-])c2)c1. The van der Waals surface area contributed by atoms with Gasteiger partial charge in [0.2, 0.25) is 0 Å². The van der Waals surface area contributed by atoms with Gasteiger partial charge in [0.25, 0.3) is 17.3 Å². The lowest BCUT2D eigenvalue weighted by molar-refractivity contribution is -0.395. The molecule has 0 fully saturated rings. The molecule has 0 unspecified atom stereocenters. The normalized spacial score (nSPS) is 11.4. The van der Waals surface area contributed by atoms with E-state index in [9.17, 15) is 29.8 Å². The van der Waals surface area contributed by atoms with Crippen LogP contribution in [-0.2, 0) is 9.53 Å². The molecule has 0 saturated carbocycles. The number of hydrogen-bond donors (Lipinski definition) is 1. The molecule has 0 aliphatic carbocycles. The van der Waals surface area contributed by atoms with Crippen molar-refractivity contribution < 1.29 is 24.2 Å². The molecule has 0 aliphatic heterocycles. The second-order valence-electron chi connectivity index (χ2n) is 6.51. The van der Waals surface area contributed by atoms with Crippen LogP contribution in [0.4, 0.5) is 17.1 Å². The monoisotopic (exact) mass is 401 g/mol. The number of ether oxygens (including phenoxy) is 1. The van der Waals surface area contributed by atoms with Gasteiger partial charge in [-0.25, -0.2) is 4.79 Å². The topological polar surface area (TPSA) is 142 Å². The largest absolute Gasteiger partial charge is 0.449 e. The lowest BCUT2D eigenvalue weighted by atomic mass is 10.1. The minimum Gasteiger partial charge on any atom is -0.449 e. The van der Waals surface area contributed by atoms with Crippen molar-refractivity contribution in [2.45, 2.75) is 33.8 Å². The minimum absolute atomic E-state index is 0.183. The number of rotatable bonds is 6. The van der Waals surface area contributed by atoms with Crippen molar-refractivity contribution in [3.05, 3.63) is 72.8 Å².